The molecule has 6 nitrogen and oxygen atoms in total. The predicted molar refractivity (Wildman–Crippen MR) is 71.0 cm³/mol. The van der Waals surface area contributed by atoms with Crippen LogP contribution >= 0.6 is 0 Å². The van der Waals surface area contributed by atoms with E-state index in [4.69, 9.17) is 10.5 Å². The molecule has 19 heavy (non-hydrogen) atoms. The van der Waals surface area contributed by atoms with Crippen molar-refractivity contribution in [1.82, 2.24) is 4.72 Å². The van der Waals surface area contributed by atoms with E-state index < -0.39 is 21.7 Å². The van der Waals surface area contributed by atoms with E-state index in [1.165, 1.54) is 12.1 Å². The summed E-state index contributed by atoms with van der Waals surface area (Å²) in [7, 11) is -3.73. The van der Waals surface area contributed by atoms with Crippen molar-refractivity contribution in [2.45, 2.75) is 29.9 Å². The Kier molecular flexibility index (Phi) is 3.82. The second kappa shape index (κ2) is 5.09. The van der Waals surface area contributed by atoms with Crippen molar-refractivity contribution in [3.63, 3.8) is 0 Å². The molecule has 4 N–H and O–H groups in total. The molecule has 0 aliphatic carbocycles. The van der Waals surface area contributed by atoms with Crippen molar-refractivity contribution >= 4 is 15.7 Å². The first kappa shape index (κ1) is 14.3. The van der Waals surface area contributed by atoms with Gasteiger partial charge in [-0.2, -0.15) is 0 Å². The number of aliphatic hydroxyl groups is 1. The second-order valence-corrected chi connectivity index (χ2v) is 6.46. The van der Waals surface area contributed by atoms with E-state index in [9.17, 15) is 13.5 Å². The third-order valence-electron chi connectivity index (χ3n) is 3.44. The number of para-hydroxylation sites is 1. The van der Waals surface area contributed by atoms with Crippen molar-refractivity contribution in [2.75, 3.05) is 18.9 Å². The van der Waals surface area contributed by atoms with Crippen LogP contribution in [0.3, 0.4) is 0 Å². The Bertz CT molecular complexity index is 561. The first-order valence-electron chi connectivity index (χ1n) is 6.03. The van der Waals surface area contributed by atoms with Crippen LogP contribution in [0, 0.1) is 0 Å². The van der Waals surface area contributed by atoms with Gasteiger partial charge in [-0.1, -0.05) is 12.1 Å². The average molecular weight is 286 g/mol. The molecule has 0 amide bonds. The topological polar surface area (TPSA) is 102 Å². The van der Waals surface area contributed by atoms with Gasteiger partial charge >= 0.3 is 0 Å². The molecule has 2 unspecified atom stereocenters. The largest absolute Gasteiger partial charge is 0.398 e. The van der Waals surface area contributed by atoms with Crippen LogP contribution in [0.2, 0.25) is 0 Å². The molecule has 1 aromatic rings. The molecule has 1 aliphatic rings. The number of nitrogen functional groups attached to an aromatic ring is 1. The first-order valence-corrected chi connectivity index (χ1v) is 7.52. The standard InChI is InChI=1S/C12H18N2O4S/c1-9-12(15,6-7-18-9)8-14-19(16,17)11-5-3-2-4-10(11)13/h2-5,9,14-15H,6-8,13H2,1H3. The van der Waals surface area contributed by atoms with E-state index in [1.807, 2.05) is 0 Å². The lowest BCUT2D eigenvalue weighted by Gasteiger charge is -2.26. The van der Waals surface area contributed by atoms with Crippen LogP contribution in [0.5, 0.6) is 0 Å². The molecule has 2 rings (SSSR count). The molecular formula is C12H18N2O4S. The molecule has 7 heteroatoms. The van der Waals surface area contributed by atoms with Gasteiger partial charge in [0.05, 0.1) is 11.8 Å². The van der Waals surface area contributed by atoms with Gasteiger partial charge in [-0.25, -0.2) is 13.1 Å². The van der Waals surface area contributed by atoms with Crippen LogP contribution in [0.1, 0.15) is 13.3 Å². The Balaban J connectivity index is 2.13. The zero-order valence-corrected chi connectivity index (χ0v) is 11.5. The highest BCUT2D eigenvalue weighted by atomic mass is 32.2. The van der Waals surface area contributed by atoms with Gasteiger partial charge in [0.2, 0.25) is 10.0 Å². The number of sulfonamides is 1. The fourth-order valence-electron chi connectivity index (χ4n) is 2.03. The molecule has 106 valence electrons. The summed E-state index contributed by atoms with van der Waals surface area (Å²) in [5.41, 5.74) is 4.65. The zero-order chi connectivity index (χ0) is 14.1. The number of benzene rings is 1. The van der Waals surface area contributed by atoms with Crippen LogP contribution in [-0.4, -0.2) is 38.4 Å². The van der Waals surface area contributed by atoms with E-state index >= 15 is 0 Å². The number of ether oxygens (including phenoxy) is 1. The maximum Gasteiger partial charge on any atom is 0.242 e. The number of hydrogen-bond donors (Lipinski definition) is 3. The zero-order valence-electron chi connectivity index (χ0n) is 10.7. The number of anilines is 1. The molecule has 1 heterocycles. The number of nitrogens with one attached hydrogen (secondary N) is 1. The fourth-order valence-corrected chi connectivity index (χ4v) is 3.26. The van der Waals surface area contributed by atoms with Gasteiger partial charge in [-0.15, -0.1) is 0 Å². The Hall–Kier alpha value is -1.15. The minimum absolute atomic E-state index is 0.0187. The predicted octanol–water partition coefficient (Wildman–Crippen LogP) is 0.0870. The summed E-state index contributed by atoms with van der Waals surface area (Å²) < 4.78 is 31.9. The van der Waals surface area contributed by atoms with E-state index in [-0.39, 0.29) is 17.1 Å². The lowest BCUT2D eigenvalue weighted by molar-refractivity contribution is -0.0228. The normalized spacial score (nSPS) is 27.6. The summed E-state index contributed by atoms with van der Waals surface area (Å²) >= 11 is 0. The molecule has 2 atom stereocenters. The quantitative estimate of drug-likeness (QED) is 0.681. The Labute approximate surface area is 112 Å². The fraction of sp³-hybridized carbons (Fsp3) is 0.500. The average Bonchev–Trinajstić information content (AvgIpc) is 2.68. The summed E-state index contributed by atoms with van der Waals surface area (Å²) in [6.07, 6.45) is 0.00403. The molecule has 1 saturated heterocycles. The lowest BCUT2D eigenvalue weighted by Crippen LogP contribution is -2.47. The molecule has 1 aliphatic heterocycles. The first-order chi connectivity index (χ1) is 8.85. The molecule has 0 saturated carbocycles. The van der Waals surface area contributed by atoms with Crippen molar-refractivity contribution < 1.29 is 18.3 Å². The summed E-state index contributed by atoms with van der Waals surface area (Å²) in [4.78, 5) is 0.0187. The van der Waals surface area contributed by atoms with E-state index in [2.05, 4.69) is 4.72 Å². The molecular weight excluding hydrogens is 268 g/mol. The Morgan fingerprint density at radius 1 is 1.53 bits per heavy atom. The third-order valence-corrected chi connectivity index (χ3v) is 4.91. The van der Waals surface area contributed by atoms with Crippen LogP contribution < -0.4 is 10.5 Å². The summed E-state index contributed by atoms with van der Waals surface area (Å²) in [6, 6.07) is 6.20. The number of rotatable bonds is 4. The number of nitrogens with two attached hydrogens (primary N) is 1. The smallest absolute Gasteiger partial charge is 0.242 e. The minimum atomic E-state index is -3.73. The van der Waals surface area contributed by atoms with E-state index in [0.29, 0.717) is 13.0 Å². The van der Waals surface area contributed by atoms with Gasteiger partial charge in [0.1, 0.15) is 10.5 Å². The minimum Gasteiger partial charge on any atom is -0.398 e. The SMILES string of the molecule is CC1OCCC1(O)CNS(=O)(=O)c1ccccc1N. The molecule has 0 aromatic heterocycles. The van der Waals surface area contributed by atoms with Gasteiger partial charge < -0.3 is 15.6 Å². The van der Waals surface area contributed by atoms with Crippen molar-refractivity contribution in [3.05, 3.63) is 24.3 Å². The van der Waals surface area contributed by atoms with Gasteiger partial charge in [0.25, 0.3) is 0 Å². The van der Waals surface area contributed by atoms with Crippen molar-refractivity contribution in [3.8, 4) is 0 Å². The number of hydrogen-bond acceptors (Lipinski definition) is 5. The maximum atomic E-state index is 12.1. The van der Waals surface area contributed by atoms with Crippen LogP contribution in [0.25, 0.3) is 0 Å². The monoisotopic (exact) mass is 286 g/mol. The van der Waals surface area contributed by atoms with Crippen molar-refractivity contribution in [1.29, 1.82) is 0 Å². The summed E-state index contributed by atoms with van der Waals surface area (Å²) in [5, 5.41) is 10.3. The highest BCUT2D eigenvalue weighted by Gasteiger charge is 2.40. The lowest BCUT2D eigenvalue weighted by atomic mass is 9.97. The Morgan fingerprint density at radius 2 is 2.21 bits per heavy atom. The van der Waals surface area contributed by atoms with Crippen LogP contribution in [0.4, 0.5) is 5.69 Å². The van der Waals surface area contributed by atoms with E-state index in [0.717, 1.165) is 0 Å². The van der Waals surface area contributed by atoms with Gasteiger partial charge in [-0.05, 0) is 19.1 Å². The second-order valence-electron chi connectivity index (χ2n) is 4.73. The van der Waals surface area contributed by atoms with Crippen molar-refractivity contribution in [2.24, 2.45) is 0 Å². The highest BCUT2D eigenvalue weighted by molar-refractivity contribution is 7.89. The molecule has 0 radical (unpaired) electrons. The molecule has 0 spiro atoms. The summed E-state index contributed by atoms with van der Waals surface area (Å²) in [6.45, 7) is 2.05. The van der Waals surface area contributed by atoms with Crippen LogP contribution in [-0.2, 0) is 14.8 Å². The molecule has 1 aromatic carbocycles. The molecule has 0 bridgehead atoms. The van der Waals surface area contributed by atoms with Gasteiger partial charge in [0, 0.05) is 19.6 Å². The third kappa shape index (κ3) is 2.89. The Morgan fingerprint density at radius 3 is 2.79 bits per heavy atom. The van der Waals surface area contributed by atoms with E-state index in [1.54, 1.807) is 19.1 Å². The van der Waals surface area contributed by atoms with Gasteiger partial charge in [0.15, 0.2) is 0 Å². The molecule has 1 fully saturated rings. The van der Waals surface area contributed by atoms with Crippen LogP contribution in [0.15, 0.2) is 29.2 Å². The maximum absolute atomic E-state index is 12.1. The summed E-state index contributed by atoms with van der Waals surface area (Å²) in [5.74, 6) is 0. The highest BCUT2D eigenvalue weighted by Crippen LogP contribution is 2.26. The van der Waals surface area contributed by atoms with Gasteiger partial charge in [-0.3, -0.25) is 0 Å².